The molecule has 2 rings (SSSR count). The van der Waals surface area contributed by atoms with E-state index in [0.717, 1.165) is 12.1 Å². The monoisotopic (exact) mass is 299 g/mol. The van der Waals surface area contributed by atoms with Gasteiger partial charge in [0.1, 0.15) is 0 Å². The Hall–Kier alpha value is -1.36. The van der Waals surface area contributed by atoms with Gasteiger partial charge in [0.2, 0.25) is 0 Å². The maximum absolute atomic E-state index is 12.3. The molecule has 1 aliphatic rings. The Morgan fingerprint density at radius 3 is 2.57 bits per heavy atom. The molecule has 3 nitrogen and oxygen atoms in total. The van der Waals surface area contributed by atoms with E-state index in [1.807, 2.05) is 6.92 Å². The van der Waals surface area contributed by atoms with Crippen LogP contribution in [0.2, 0.25) is 0 Å². The summed E-state index contributed by atoms with van der Waals surface area (Å²) in [5.41, 5.74) is 1.49. The summed E-state index contributed by atoms with van der Waals surface area (Å²) in [6.45, 7) is 3.31. The molecule has 0 heterocycles. The van der Waals surface area contributed by atoms with Crippen molar-refractivity contribution in [2.24, 2.45) is 5.41 Å². The number of hydrogen-bond donors (Lipinski definition) is 1. The van der Waals surface area contributed by atoms with Gasteiger partial charge >= 0.3 is 6.61 Å². The lowest BCUT2D eigenvalue weighted by Crippen LogP contribution is -2.23. The molecule has 1 N–H and O–H groups in total. The fourth-order valence-corrected chi connectivity index (χ4v) is 2.43. The molecule has 0 amide bonds. The van der Waals surface area contributed by atoms with Crippen LogP contribution in [-0.4, -0.2) is 19.8 Å². The average molecular weight is 299 g/mol. The highest BCUT2D eigenvalue weighted by Crippen LogP contribution is 2.47. The van der Waals surface area contributed by atoms with Crippen LogP contribution in [0.25, 0.3) is 0 Å². The summed E-state index contributed by atoms with van der Waals surface area (Å²) in [6.07, 6.45) is 3.79. The van der Waals surface area contributed by atoms with Crippen molar-refractivity contribution in [1.29, 1.82) is 0 Å². The third-order valence-corrected chi connectivity index (χ3v) is 4.06. The van der Waals surface area contributed by atoms with Crippen LogP contribution in [0, 0.1) is 5.41 Å². The van der Waals surface area contributed by atoms with E-state index in [-0.39, 0.29) is 5.75 Å². The minimum absolute atomic E-state index is 0.0859. The Kier molecular flexibility index (Phi) is 5.39. The van der Waals surface area contributed by atoms with Crippen LogP contribution in [-0.2, 0) is 6.54 Å². The van der Waals surface area contributed by atoms with E-state index in [4.69, 9.17) is 4.74 Å². The quantitative estimate of drug-likeness (QED) is 0.748. The first-order valence-electron chi connectivity index (χ1n) is 7.50. The smallest absolute Gasteiger partial charge is 0.387 e. The van der Waals surface area contributed by atoms with Crippen LogP contribution in [0.4, 0.5) is 8.78 Å². The molecule has 0 radical (unpaired) electrons. The van der Waals surface area contributed by atoms with Crippen molar-refractivity contribution in [2.45, 2.75) is 46.3 Å². The lowest BCUT2D eigenvalue weighted by atomic mass is 10.0. The van der Waals surface area contributed by atoms with Crippen LogP contribution < -0.4 is 14.8 Å². The molecule has 118 valence electrons. The van der Waals surface area contributed by atoms with Gasteiger partial charge in [-0.25, -0.2) is 0 Å². The van der Waals surface area contributed by atoms with Gasteiger partial charge in [-0.15, -0.1) is 0 Å². The van der Waals surface area contributed by atoms with Crippen molar-refractivity contribution in [3.05, 3.63) is 23.8 Å². The number of halogens is 2. The summed E-state index contributed by atoms with van der Waals surface area (Å²) in [5, 5.41) is 3.44. The number of alkyl halides is 2. The fraction of sp³-hybridized carbons (Fsp3) is 0.625. The zero-order chi connectivity index (χ0) is 15.3. The van der Waals surface area contributed by atoms with Crippen molar-refractivity contribution in [3.63, 3.8) is 0 Å². The van der Waals surface area contributed by atoms with Crippen LogP contribution in [0.5, 0.6) is 11.5 Å². The van der Waals surface area contributed by atoms with Gasteiger partial charge < -0.3 is 14.8 Å². The van der Waals surface area contributed by atoms with Gasteiger partial charge in [0.05, 0.1) is 6.61 Å². The van der Waals surface area contributed by atoms with E-state index in [9.17, 15) is 8.78 Å². The second-order valence-electron chi connectivity index (χ2n) is 5.55. The van der Waals surface area contributed by atoms with Gasteiger partial charge in [0, 0.05) is 13.1 Å². The largest absolute Gasteiger partial charge is 0.490 e. The van der Waals surface area contributed by atoms with Crippen LogP contribution in [0.1, 0.15) is 38.7 Å². The fourth-order valence-electron chi connectivity index (χ4n) is 2.43. The third kappa shape index (κ3) is 4.56. The molecule has 0 bridgehead atoms. The molecular weight excluding hydrogens is 276 g/mol. The van der Waals surface area contributed by atoms with Crippen molar-refractivity contribution in [2.75, 3.05) is 13.2 Å². The summed E-state index contributed by atoms with van der Waals surface area (Å²) < 4.78 is 34.5. The molecule has 0 aliphatic heterocycles. The van der Waals surface area contributed by atoms with E-state index in [0.29, 0.717) is 24.3 Å². The summed E-state index contributed by atoms with van der Waals surface area (Å²) in [5.74, 6) is 0.455. The highest BCUT2D eigenvalue weighted by molar-refractivity contribution is 5.43. The SMILES string of the molecule is CCOc1cc(CNCC2(CC)CC2)ccc1OC(F)F. The van der Waals surface area contributed by atoms with Crippen molar-refractivity contribution in [3.8, 4) is 11.5 Å². The summed E-state index contributed by atoms with van der Waals surface area (Å²) >= 11 is 0. The first kappa shape index (κ1) is 16.0. The second kappa shape index (κ2) is 7.07. The van der Waals surface area contributed by atoms with Gasteiger partial charge in [-0.05, 0) is 49.3 Å². The summed E-state index contributed by atoms with van der Waals surface area (Å²) in [6, 6.07) is 5.10. The zero-order valence-corrected chi connectivity index (χ0v) is 12.6. The van der Waals surface area contributed by atoms with E-state index in [2.05, 4.69) is 17.0 Å². The number of benzene rings is 1. The molecule has 1 fully saturated rings. The normalized spacial score (nSPS) is 16.0. The first-order valence-corrected chi connectivity index (χ1v) is 7.50. The first-order chi connectivity index (χ1) is 10.1. The Balaban J connectivity index is 1.94. The molecule has 0 saturated heterocycles. The molecule has 21 heavy (non-hydrogen) atoms. The number of nitrogens with one attached hydrogen (secondary N) is 1. The minimum atomic E-state index is -2.84. The topological polar surface area (TPSA) is 30.5 Å². The Labute approximate surface area is 124 Å². The Bertz CT molecular complexity index is 462. The van der Waals surface area contributed by atoms with E-state index >= 15 is 0 Å². The van der Waals surface area contributed by atoms with Gasteiger partial charge in [0.15, 0.2) is 11.5 Å². The molecule has 1 aliphatic carbocycles. The molecule has 1 aromatic carbocycles. The predicted octanol–water partition coefficient (Wildman–Crippen LogP) is 3.97. The molecule has 0 unspecified atom stereocenters. The highest BCUT2D eigenvalue weighted by atomic mass is 19.3. The van der Waals surface area contributed by atoms with Gasteiger partial charge in [-0.2, -0.15) is 8.78 Å². The van der Waals surface area contributed by atoms with Crippen molar-refractivity contribution in [1.82, 2.24) is 5.32 Å². The lowest BCUT2D eigenvalue weighted by Gasteiger charge is -2.15. The van der Waals surface area contributed by atoms with Gasteiger partial charge in [-0.3, -0.25) is 0 Å². The molecule has 0 aromatic heterocycles. The maximum Gasteiger partial charge on any atom is 0.387 e. The van der Waals surface area contributed by atoms with E-state index < -0.39 is 6.61 Å². The number of rotatable bonds is 9. The third-order valence-electron chi connectivity index (χ3n) is 4.06. The van der Waals surface area contributed by atoms with Crippen molar-refractivity contribution >= 4 is 0 Å². The Morgan fingerprint density at radius 2 is 2.00 bits per heavy atom. The predicted molar refractivity (Wildman–Crippen MR) is 77.9 cm³/mol. The molecular formula is C16H23F2NO2. The maximum atomic E-state index is 12.3. The molecule has 0 atom stereocenters. The van der Waals surface area contributed by atoms with Crippen LogP contribution in [0.15, 0.2) is 18.2 Å². The highest BCUT2D eigenvalue weighted by Gasteiger charge is 2.39. The van der Waals surface area contributed by atoms with Crippen LogP contribution in [0.3, 0.4) is 0 Å². The average Bonchev–Trinajstić information content (AvgIpc) is 3.22. The molecule has 0 spiro atoms. The lowest BCUT2D eigenvalue weighted by molar-refractivity contribution is -0.0514. The second-order valence-corrected chi connectivity index (χ2v) is 5.55. The van der Waals surface area contributed by atoms with Gasteiger partial charge in [-0.1, -0.05) is 13.0 Å². The minimum Gasteiger partial charge on any atom is -0.490 e. The number of ether oxygens (including phenoxy) is 2. The van der Waals surface area contributed by atoms with E-state index in [1.54, 1.807) is 18.2 Å². The summed E-state index contributed by atoms with van der Waals surface area (Å²) in [7, 11) is 0. The number of hydrogen-bond acceptors (Lipinski definition) is 3. The molecule has 1 saturated carbocycles. The van der Waals surface area contributed by atoms with Crippen LogP contribution >= 0.6 is 0 Å². The van der Waals surface area contributed by atoms with E-state index in [1.165, 1.54) is 19.3 Å². The zero-order valence-electron chi connectivity index (χ0n) is 12.6. The summed E-state index contributed by atoms with van der Waals surface area (Å²) in [4.78, 5) is 0. The van der Waals surface area contributed by atoms with Gasteiger partial charge in [0.25, 0.3) is 0 Å². The standard InChI is InChI=1S/C16H23F2NO2/c1-3-16(7-8-16)11-19-10-12-5-6-13(21-15(17)18)14(9-12)20-4-2/h5-6,9,15,19H,3-4,7-8,10-11H2,1-2H3. The molecule has 1 aromatic rings. The Morgan fingerprint density at radius 1 is 1.24 bits per heavy atom. The molecule has 5 heteroatoms. The van der Waals surface area contributed by atoms with Crippen molar-refractivity contribution < 1.29 is 18.3 Å².